The molecule has 0 radical (unpaired) electrons. The van der Waals surface area contributed by atoms with Gasteiger partial charge in [0, 0.05) is 23.9 Å². The summed E-state index contributed by atoms with van der Waals surface area (Å²) >= 11 is 0. The third-order valence-corrected chi connectivity index (χ3v) is 4.37. The summed E-state index contributed by atoms with van der Waals surface area (Å²) in [6.45, 7) is 6.22. The Morgan fingerprint density at radius 1 is 1.21 bits per heavy atom. The maximum Gasteiger partial charge on any atom is 0.490 e. The van der Waals surface area contributed by atoms with Gasteiger partial charge in [-0.1, -0.05) is 0 Å². The Morgan fingerprint density at radius 3 is 2.45 bits per heavy atom. The molecule has 0 aliphatic carbocycles. The van der Waals surface area contributed by atoms with Gasteiger partial charge < -0.3 is 26.2 Å². The van der Waals surface area contributed by atoms with E-state index in [0.29, 0.717) is 13.2 Å². The summed E-state index contributed by atoms with van der Waals surface area (Å²) in [6, 6.07) is 9.79. The van der Waals surface area contributed by atoms with Crippen LogP contribution in [-0.2, 0) is 4.79 Å². The molecule has 5 N–H and O–H groups in total. The molecule has 0 amide bonds. The van der Waals surface area contributed by atoms with Gasteiger partial charge in [0.25, 0.3) is 0 Å². The number of carboxylic acid groups (broad SMARTS) is 1. The maximum absolute atomic E-state index is 10.6. The summed E-state index contributed by atoms with van der Waals surface area (Å²) in [4.78, 5) is 13.6. The van der Waals surface area contributed by atoms with Crippen LogP contribution in [0.3, 0.4) is 0 Å². The van der Waals surface area contributed by atoms with Crippen LogP contribution >= 0.6 is 0 Å². The largest absolute Gasteiger partial charge is 0.494 e. The number of aromatic nitrogens is 3. The van der Waals surface area contributed by atoms with Gasteiger partial charge in [0.15, 0.2) is 5.65 Å². The first-order valence-electron chi connectivity index (χ1n) is 10.3. The van der Waals surface area contributed by atoms with Crippen molar-refractivity contribution in [2.45, 2.75) is 32.9 Å². The first kappa shape index (κ1) is 25.7. The van der Waals surface area contributed by atoms with E-state index < -0.39 is 12.1 Å². The predicted molar refractivity (Wildman–Crippen MR) is 119 cm³/mol. The highest BCUT2D eigenvalue weighted by atomic mass is 19.4. The molecule has 0 aliphatic rings. The zero-order valence-corrected chi connectivity index (χ0v) is 18.3. The lowest BCUT2D eigenvalue weighted by Gasteiger charge is -2.16. The number of unbranched alkanes of at least 4 members (excludes halogenated alkanes) is 1. The van der Waals surface area contributed by atoms with Gasteiger partial charge in [-0.25, -0.2) is 9.78 Å². The van der Waals surface area contributed by atoms with Gasteiger partial charge in [-0.2, -0.15) is 22.8 Å². The second-order valence-electron chi connectivity index (χ2n) is 6.84. The lowest BCUT2D eigenvalue weighted by Crippen LogP contribution is -2.21. The van der Waals surface area contributed by atoms with Gasteiger partial charge in [0.2, 0.25) is 0 Å². The molecular weight excluding hydrogens is 441 g/mol. The zero-order chi connectivity index (χ0) is 24.4. The molecule has 180 valence electrons. The van der Waals surface area contributed by atoms with Crippen molar-refractivity contribution in [1.82, 2.24) is 14.6 Å². The van der Waals surface area contributed by atoms with E-state index in [2.05, 4.69) is 20.7 Å². The lowest BCUT2D eigenvalue weighted by atomic mass is 10.2. The molecule has 0 bridgehead atoms. The van der Waals surface area contributed by atoms with Crippen LogP contribution in [0.5, 0.6) is 5.75 Å². The van der Waals surface area contributed by atoms with Crippen LogP contribution in [0.4, 0.5) is 30.5 Å². The summed E-state index contributed by atoms with van der Waals surface area (Å²) in [5.41, 5.74) is 8.34. The number of carboxylic acids is 1. The molecule has 2 heterocycles. The summed E-state index contributed by atoms with van der Waals surface area (Å²) < 4.78 is 39.1. The van der Waals surface area contributed by atoms with Crippen molar-refractivity contribution in [2.75, 3.05) is 30.3 Å². The third-order valence-electron chi connectivity index (χ3n) is 4.37. The smallest absolute Gasteiger partial charge is 0.490 e. The predicted octanol–water partition coefficient (Wildman–Crippen LogP) is 3.96. The van der Waals surface area contributed by atoms with Crippen LogP contribution in [0.1, 0.15) is 25.3 Å². The molecular formula is C21H27F3N6O3. The number of hydrogen-bond donors (Lipinski definition) is 4. The van der Waals surface area contributed by atoms with Crippen LogP contribution in [0, 0.1) is 6.92 Å². The Labute approximate surface area is 188 Å². The number of nitrogens with two attached hydrogens (primary N) is 1. The summed E-state index contributed by atoms with van der Waals surface area (Å²) in [5.74, 6) is -0.141. The number of fused-ring (bicyclic) bond motifs is 1. The van der Waals surface area contributed by atoms with Crippen LogP contribution < -0.4 is 21.1 Å². The van der Waals surface area contributed by atoms with E-state index >= 15 is 0 Å². The average molecular weight is 468 g/mol. The van der Waals surface area contributed by atoms with Gasteiger partial charge in [-0.15, -0.1) is 0 Å². The van der Waals surface area contributed by atoms with Crippen LogP contribution in [-0.4, -0.2) is 51.5 Å². The van der Waals surface area contributed by atoms with Gasteiger partial charge >= 0.3 is 12.1 Å². The van der Waals surface area contributed by atoms with Gasteiger partial charge in [-0.05, 0) is 57.5 Å². The number of aliphatic carboxylic acids is 1. The van der Waals surface area contributed by atoms with E-state index in [4.69, 9.17) is 20.4 Å². The third kappa shape index (κ3) is 7.52. The van der Waals surface area contributed by atoms with Crippen molar-refractivity contribution in [1.29, 1.82) is 0 Å². The van der Waals surface area contributed by atoms with E-state index in [0.717, 1.165) is 53.7 Å². The number of ether oxygens (including phenoxy) is 1. The lowest BCUT2D eigenvalue weighted by molar-refractivity contribution is -0.192. The van der Waals surface area contributed by atoms with Crippen molar-refractivity contribution < 1.29 is 27.8 Å². The van der Waals surface area contributed by atoms with Gasteiger partial charge in [0.05, 0.1) is 12.8 Å². The number of carbonyl (C=O) groups is 1. The highest BCUT2D eigenvalue weighted by Crippen LogP contribution is 2.27. The van der Waals surface area contributed by atoms with Crippen molar-refractivity contribution in [3.05, 3.63) is 42.1 Å². The monoisotopic (exact) mass is 468 g/mol. The van der Waals surface area contributed by atoms with E-state index in [1.54, 1.807) is 6.20 Å². The normalized spacial score (nSPS) is 11.0. The fourth-order valence-corrected chi connectivity index (χ4v) is 2.76. The molecule has 9 nitrogen and oxygen atoms in total. The van der Waals surface area contributed by atoms with Gasteiger partial charge in [0.1, 0.15) is 17.4 Å². The van der Waals surface area contributed by atoms with Crippen molar-refractivity contribution in [3.8, 4) is 5.75 Å². The Kier molecular flexibility index (Phi) is 9.28. The minimum Gasteiger partial charge on any atom is -0.494 e. The highest BCUT2D eigenvalue weighted by molar-refractivity contribution is 5.73. The van der Waals surface area contributed by atoms with E-state index in [1.165, 1.54) is 0 Å². The first-order valence-corrected chi connectivity index (χ1v) is 10.3. The molecule has 0 spiro atoms. The topological polar surface area (TPSA) is 127 Å². The Morgan fingerprint density at radius 2 is 1.88 bits per heavy atom. The highest BCUT2D eigenvalue weighted by Gasteiger charge is 2.38. The molecule has 12 heteroatoms. The molecule has 0 aliphatic heterocycles. The number of alkyl halides is 3. The van der Waals surface area contributed by atoms with Crippen LogP contribution in [0.15, 0.2) is 36.5 Å². The minimum absolute atomic E-state index is 0.656. The second kappa shape index (κ2) is 11.9. The molecule has 0 fully saturated rings. The summed E-state index contributed by atoms with van der Waals surface area (Å²) in [6.07, 6.45) is -1.31. The Hall–Kier alpha value is -3.54. The number of hydrogen-bond acceptors (Lipinski definition) is 7. The molecule has 2 aromatic heterocycles. The first-order chi connectivity index (χ1) is 15.7. The van der Waals surface area contributed by atoms with Crippen LogP contribution in [0.25, 0.3) is 5.65 Å². The minimum atomic E-state index is -5.08. The number of nitrogens with one attached hydrogen (secondary N) is 2. The molecule has 0 saturated carbocycles. The summed E-state index contributed by atoms with van der Waals surface area (Å²) in [5, 5.41) is 18.4. The fraction of sp³-hybridized carbons (Fsp3) is 0.381. The maximum atomic E-state index is 10.6. The van der Waals surface area contributed by atoms with Gasteiger partial charge in [-0.3, -0.25) is 0 Å². The van der Waals surface area contributed by atoms with Crippen molar-refractivity contribution in [3.63, 3.8) is 0 Å². The number of nitrogens with zero attached hydrogens (tertiary/aromatic N) is 3. The number of halogens is 3. The quantitative estimate of drug-likeness (QED) is 0.348. The van der Waals surface area contributed by atoms with E-state index in [9.17, 15) is 13.2 Å². The average Bonchev–Trinajstić information content (AvgIpc) is 3.23. The summed E-state index contributed by atoms with van der Waals surface area (Å²) in [7, 11) is 0. The van der Waals surface area contributed by atoms with E-state index in [1.807, 2.05) is 48.7 Å². The van der Waals surface area contributed by atoms with Crippen molar-refractivity contribution in [2.24, 2.45) is 5.73 Å². The molecule has 0 atom stereocenters. The molecule has 33 heavy (non-hydrogen) atoms. The second-order valence-corrected chi connectivity index (χ2v) is 6.84. The zero-order valence-electron chi connectivity index (χ0n) is 18.3. The van der Waals surface area contributed by atoms with E-state index in [-0.39, 0.29) is 0 Å². The Balaban J connectivity index is 0.000000479. The fourth-order valence-electron chi connectivity index (χ4n) is 2.76. The number of rotatable bonds is 9. The molecule has 1 aromatic carbocycles. The number of anilines is 3. The Bertz CT molecular complexity index is 1040. The SMILES string of the molecule is CCOc1ccc(Nc2c(C)c(NCCCCN)nc3ccnn23)cc1.O=C(O)C(F)(F)F. The van der Waals surface area contributed by atoms with Crippen molar-refractivity contribution >= 4 is 28.9 Å². The molecule has 0 unspecified atom stereocenters. The standard InChI is InChI=1S/C19H26N6O.C2HF3O2/c1-3-26-16-8-6-15(7-9-16)23-19-14(2)18(21-12-5-4-11-20)24-17-10-13-22-25(17)19;3-2(4,5)1(6)7/h6-10,13,23H,3-5,11-12,20H2,1-2H3,(H,21,24);(H,6,7). The molecule has 0 saturated heterocycles. The molecule has 3 aromatic rings. The molecule has 3 rings (SSSR count). The van der Waals surface area contributed by atoms with Crippen LogP contribution in [0.2, 0.25) is 0 Å². The number of benzene rings is 1.